The van der Waals surface area contributed by atoms with Crippen LogP contribution in [0, 0.1) is 19.8 Å². The minimum atomic E-state index is -0.634. The molecule has 1 amide bonds. The second-order valence-corrected chi connectivity index (χ2v) is 10.1. The van der Waals surface area contributed by atoms with Crippen molar-refractivity contribution in [2.75, 3.05) is 13.1 Å². The van der Waals surface area contributed by atoms with E-state index in [0.29, 0.717) is 43.0 Å². The van der Waals surface area contributed by atoms with Gasteiger partial charge < -0.3 is 19.2 Å². The van der Waals surface area contributed by atoms with Gasteiger partial charge in [-0.05, 0) is 56.4 Å². The van der Waals surface area contributed by atoms with Crippen LogP contribution in [0.25, 0.3) is 11.0 Å². The molecule has 0 radical (unpaired) electrons. The van der Waals surface area contributed by atoms with Crippen LogP contribution in [0.15, 0.2) is 51.7 Å². The summed E-state index contributed by atoms with van der Waals surface area (Å²) in [5, 5.41) is 11.7. The van der Waals surface area contributed by atoms with Crippen LogP contribution in [0.3, 0.4) is 0 Å². The number of carbonyl (C=O) groups is 1. The van der Waals surface area contributed by atoms with Crippen molar-refractivity contribution in [1.82, 2.24) is 4.90 Å². The third-order valence-corrected chi connectivity index (χ3v) is 8.00. The van der Waals surface area contributed by atoms with Crippen molar-refractivity contribution >= 4 is 16.9 Å². The van der Waals surface area contributed by atoms with Crippen molar-refractivity contribution < 1.29 is 19.1 Å². The van der Waals surface area contributed by atoms with Crippen molar-refractivity contribution in [3.63, 3.8) is 0 Å². The second-order valence-electron chi connectivity index (χ2n) is 10.1. The highest BCUT2D eigenvalue weighted by Gasteiger charge is 2.43. The van der Waals surface area contributed by atoms with E-state index in [2.05, 4.69) is 0 Å². The highest BCUT2D eigenvalue weighted by Crippen LogP contribution is 2.40. The molecule has 1 aliphatic heterocycles. The molecule has 1 aromatic heterocycles. The maximum atomic E-state index is 13.2. The molecular formula is C29H33NO5. The van der Waals surface area contributed by atoms with E-state index in [9.17, 15) is 14.7 Å². The Labute approximate surface area is 205 Å². The topological polar surface area (TPSA) is 80.0 Å². The lowest BCUT2D eigenvalue weighted by Crippen LogP contribution is -2.55. The molecule has 3 aromatic rings. The van der Waals surface area contributed by atoms with Gasteiger partial charge in [-0.15, -0.1) is 0 Å². The van der Waals surface area contributed by atoms with Crippen molar-refractivity contribution in [1.29, 1.82) is 0 Å². The number of aliphatic hydroxyl groups is 1. The van der Waals surface area contributed by atoms with Crippen LogP contribution < -0.4 is 10.4 Å². The Morgan fingerprint density at radius 1 is 1.11 bits per heavy atom. The highest BCUT2D eigenvalue weighted by atomic mass is 16.5. The Morgan fingerprint density at radius 2 is 1.91 bits per heavy atom. The number of hydrogen-bond acceptors (Lipinski definition) is 5. The van der Waals surface area contributed by atoms with Crippen LogP contribution in [0.2, 0.25) is 0 Å². The molecule has 2 aromatic carbocycles. The molecule has 2 aliphatic rings. The number of carbonyl (C=O) groups excluding carboxylic acids is 1. The Kier molecular flexibility index (Phi) is 6.41. The molecule has 6 heteroatoms. The van der Waals surface area contributed by atoms with Gasteiger partial charge in [-0.3, -0.25) is 4.79 Å². The van der Waals surface area contributed by atoms with E-state index in [1.807, 2.05) is 61.2 Å². The van der Waals surface area contributed by atoms with Gasteiger partial charge in [0.05, 0.1) is 17.6 Å². The molecule has 2 atom stereocenters. The van der Waals surface area contributed by atoms with Crippen LogP contribution >= 0.6 is 0 Å². The first kappa shape index (κ1) is 23.6. The van der Waals surface area contributed by atoms with Gasteiger partial charge in [-0.25, -0.2) is 4.79 Å². The number of hydrogen-bond donors (Lipinski definition) is 1. The standard InChI is InChI=1S/C29H33NO5/c1-19-23-11-12-25(34-18-21-8-4-3-5-9-21)20(2)27(23)35-28(32)24(19)16-26(31)30-15-14-29(33)13-7-6-10-22(29)17-30/h3-5,8-9,11-12,22,33H,6-7,10,13-18H2,1-2H3. The van der Waals surface area contributed by atoms with Crippen LogP contribution in [0.5, 0.6) is 5.75 Å². The molecule has 5 rings (SSSR count). The summed E-state index contributed by atoms with van der Waals surface area (Å²) in [4.78, 5) is 28.0. The zero-order valence-electron chi connectivity index (χ0n) is 20.5. The van der Waals surface area contributed by atoms with Gasteiger partial charge >= 0.3 is 5.63 Å². The number of benzene rings is 2. The number of likely N-dealkylation sites (tertiary alicyclic amines) is 1. The van der Waals surface area contributed by atoms with Crippen LogP contribution in [-0.4, -0.2) is 34.6 Å². The molecule has 6 nitrogen and oxygen atoms in total. The number of amides is 1. The van der Waals surface area contributed by atoms with Crippen molar-refractivity contribution in [2.24, 2.45) is 5.92 Å². The summed E-state index contributed by atoms with van der Waals surface area (Å²) in [7, 11) is 0. The van der Waals surface area contributed by atoms with Crippen molar-refractivity contribution in [3.8, 4) is 5.75 Å². The van der Waals surface area contributed by atoms with Gasteiger partial charge in [-0.1, -0.05) is 43.2 Å². The summed E-state index contributed by atoms with van der Waals surface area (Å²) in [6.07, 6.45) is 4.55. The molecule has 2 heterocycles. The molecule has 0 bridgehead atoms. The molecule has 2 unspecified atom stereocenters. The van der Waals surface area contributed by atoms with Crippen LogP contribution in [0.1, 0.15) is 54.4 Å². The third-order valence-electron chi connectivity index (χ3n) is 8.00. The van der Waals surface area contributed by atoms with E-state index < -0.39 is 11.2 Å². The van der Waals surface area contributed by atoms with Crippen molar-refractivity contribution in [3.05, 3.63) is 75.1 Å². The average Bonchev–Trinajstić information content (AvgIpc) is 2.86. The summed E-state index contributed by atoms with van der Waals surface area (Å²) in [6.45, 7) is 5.28. The van der Waals surface area contributed by atoms with Crippen molar-refractivity contribution in [2.45, 2.75) is 64.6 Å². The third kappa shape index (κ3) is 4.59. The lowest BCUT2D eigenvalue weighted by Gasteiger charge is -2.47. The molecule has 0 spiro atoms. The molecule has 1 saturated carbocycles. The molecule has 1 N–H and O–H groups in total. The maximum Gasteiger partial charge on any atom is 0.340 e. The summed E-state index contributed by atoms with van der Waals surface area (Å²) in [5.74, 6) is 0.716. The van der Waals surface area contributed by atoms with Gasteiger partial charge in [0.15, 0.2) is 0 Å². The number of piperidine rings is 1. The number of aryl methyl sites for hydroxylation is 2. The molecular weight excluding hydrogens is 442 g/mol. The van der Waals surface area contributed by atoms with Crippen LogP contribution in [-0.2, 0) is 17.8 Å². The lowest BCUT2D eigenvalue weighted by molar-refractivity contribution is -0.142. The number of ether oxygens (including phenoxy) is 1. The normalized spacial score (nSPS) is 22.1. The highest BCUT2D eigenvalue weighted by molar-refractivity contribution is 5.87. The number of fused-ring (bicyclic) bond motifs is 2. The van der Waals surface area contributed by atoms with Crippen LogP contribution in [0.4, 0.5) is 0 Å². The number of nitrogens with zero attached hydrogens (tertiary/aromatic N) is 1. The predicted octanol–water partition coefficient (Wildman–Crippen LogP) is 4.68. The molecule has 1 aliphatic carbocycles. The zero-order chi connectivity index (χ0) is 24.6. The minimum Gasteiger partial charge on any atom is -0.488 e. The zero-order valence-corrected chi connectivity index (χ0v) is 20.5. The first-order valence-corrected chi connectivity index (χ1v) is 12.6. The van der Waals surface area contributed by atoms with E-state index in [4.69, 9.17) is 9.15 Å². The second kappa shape index (κ2) is 9.50. The number of rotatable bonds is 5. The van der Waals surface area contributed by atoms with E-state index in [0.717, 1.165) is 47.8 Å². The lowest BCUT2D eigenvalue weighted by atomic mass is 9.71. The van der Waals surface area contributed by atoms with Gasteiger partial charge in [0.1, 0.15) is 17.9 Å². The van der Waals surface area contributed by atoms with Gasteiger partial charge in [-0.2, -0.15) is 0 Å². The van der Waals surface area contributed by atoms with E-state index in [-0.39, 0.29) is 18.2 Å². The maximum absolute atomic E-state index is 13.2. The Balaban J connectivity index is 1.35. The molecule has 184 valence electrons. The Morgan fingerprint density at radius 3 is 2.71 bits per heavy atom. The summed E-state index contributed by atoms with van der Waals surface area (Å²) in [6, 6.07) is 13.7. The smallest absolute Gasteiger partial charge is 0.340 e. The van der Waals surface area contributed by atoms with E-state index >= 15 is 0 Å². The quantitative estimate of drug-likeness (QED) is 0.542. The fourth-order valence-electron chi connectivity index (χ4n) is 5.73. The van der Waals surface area contributed by atoms with Gasteiger partial charge in [0, 0.05) is 30.0 Å². The Hall–Kier alpha value is -3.12. The summed E-state index contributed by atoms with van der Waals surface area (Å²) < 4.78 is 11.7. The monoisotopic (exact) mass is 475 g/mol. The average molecular weight is 476 g/mol. The Bertz CT molecular complexity index is 1300. The minimum absolute atomic E-state index is 0.0144. The van der Waals surface area contributed by atoms with E-state index in [1.165, 1.54) is 0 Å². The van der Waals surface area contributed by atoms with Gasteiger partial charge in [0.25, 0.3) is 0 Å². The SMILES string of the molecule is Cc1c(CC(=O)N2CCC3(O)CCCCC3C2)c(=O)oc2c(C)c(OCc3ccccc3)ccc12. The largest absolute Gasteiger partial charge is 0.488 e. The first-order valence-electron chi connectivity index (χ1n) is 12.6. The van der Waals surface area contributed by atoms with E-state index in [1.54, 1.807) is 0 Å². The van der Waals surface area contributed by atoms with Gasteiger partial charge in [0.2, 0.25) is 5.91 Å². The summed E-state index contributed by atoms with van der Waals surface area (Å²) >= 11 is 0. The molecule has 2 fully saturated rings. The fraction of sp³-hybridized carbons (Fsp3) is 0.448. The predicted molar refractivity (Wildman–Crippen MR) is 135 cm³/mol. The molecule has 1 saturated heterocycles. The summed E-state index contributed by atoms with van der Waals surface area (Å²) in [5.41, 5.74) is 2.40. The first-order chi connectivity index (χ1) is 16.9. The molecule has 35 heavy (non-hydrogen) atoms. The fourth-order valence-corrected chi connectivity index (χ4v) is 5.73.